The lowest BCUT2D eigenvalue weighted by atomic mass is 10.3. The third kappa shape index (κ3) is 18.3. The van der Waals surface area contributed by atoms with Crippen LogP contribution in [0.4, 0.5) is 0 Å². The van der Waals surface area contributed by atoms with E-state index in [1.165, 1.54) is 0 Å². The van der Waals surface area contributed by atoms with Gasteiger partial charge in [-0.1, -0.05) is 0 Å². The average molecular weight is 355 g/mol. The number of nitrogens with two attached hydrogens (primary N) is 1. The molecule has 1 unspecified atom stereocenters. The molecule has 7 nitrogen and oxygen atoms in total. The van der Waals surface area contributed by atoms with Crippen molar-refractivity contribution < 1.29 is 23.7 Å². The first-order valence-corrected chi connectivity index (χ1v) is 8.59. The van der Waals surface area contributed by atoms with Crippen molar-refractivity contribution in [3.8, 4) is 0 Å². The highest BCUT2D eigenvalue weighted by molar-refractivity contribution is 7.81. The number of thiol groups is 1. The Kier molecular flexibility index (Phi) is 17.0. The van der Waals surface area contributed by atoms with Gasteiger partial charge in [0.05, 0.1) is 59.5 Å². The van der Waals surface area contributed by atoms with E-state index in [0.717, 1.165) is 6.54 Å². The lowest BCUT2D eigenvalue weighted by Gasteiger charge is -2.24. The molecule has 0 aromatic carbocycles. The molecular formula is C15H34N2O5S. The Bertz CT molecular complexity index is 226. The third-order valence-corrected chi connectivity index (χ3v) is 3.21. The fraction of sp³-hybridized carbons (Fsp3) is 1.00. The number of rotatable bonds is 18. The van der Waals surface area contributed by atoms with Crippen molar-refractivity contribution in [1.29, 1.82) is 0 Å². The van der Waals surface area contributed by atoms with E-state index in [9.17, 15) is 0 Å². The molecule has 0 aromatic heterocycles. The summed E-state index contributed by atoms with van der Waals surface area (Å²) in [5.74, 6) is 0. The van der Waals surface area contributed by atoms with Crippen LogP contribution in [0.3, 0.4) is 0 Å². The number of hydrogen-bond donors (Lipinski definition) is 3. The second kappa shape index (κ2) is 16.9. The van der Waals surface area contributed by atoms with E-state index in [-0.39, 0.29) is 0 Å². The van der Waals surface area contributed by atoms with Crippen LogP contribution in [-0.4, -0.2) is 84.5 Å². The van der Waals surface area contributed by atoms with Crippen molar-refractivity contribution in [1.82, 2.24) is 5.32 Å². The minimum Gasteiger partial charge on any atom is -0.379 e. The maximum absolute atomic E-state index is 5.68. The van der Waals surface area contributed by atoms with E-state index >= 15 is 0 Å². The molecule has 3 N–H and O–H groups in total. The van der Waals surface area contributed by atoms with Gasteiger partial charge in [-0.2, -0.15) is 0 Å². The average Bonchev–Trinajstić information content (AvgIpc) is 2.52. The van der Waals surface area contributed by atoms with Crippen LogP contribution < -0.4 is 11.1 Å². The summed E-state index contributed by atoms with van der Waals surface area (Å²) in [7, 11) is 1.90. The number of ether oxygens (including phenoxy) is 5. The van der Waals surface area contributed by atoms with Crippen LogP contribution >= 0.6 is 12.6 Å². The molecule has 0 aliphatic rings. The van der Waals surface area contributed by atoms with E-state index in [2.05, 4.69) is 17.9 Å². The molecule has 0 bridgehead atoms. The lowest BCUT2D eigenvalue weighted by molar-refractivity contribution is -0.0325. The molecule has 0 rings (SSSR count). The predicted molar refractivity (Wildman–Crippen MR) is 94.2 cm³/mol. The Labute approximate surface area is 145 Å². The summed E-state index contributed by atoms with van der Waals surface area (Å²) in [6.45, 7) is 8.45. The summed E-state index contributed by atoms with van der Waals surface area (Å²) in [6.07, 6.45) is 0.701. The van der Waals surface area contributed by atoms with Gasteiger partial charge < -0.3 is 34.7 Å². The van der Waals surface area contributed by atoms with Crippen LogP contribution in [0.25, 0.3) is 0 Å². The van der Waals surface area contributed by atoms with Crippen LogP contribution in [0, 0.1) is 0 Å². The van der Waals surface area contributed by atoms with Crippen LogP contribution in [-0.2, 0) is 23.7 Å². The van der Waals surface area contributed by atoms with E-state index in [1.807, 2.05) is 14.0 Å². The normalized spacial score (nSPS) is 14.1. The van der Waals surface area contributed by atoms with Gasteiger partial charge in [0.1, 0.15) is 4.93 Å². The molecule has 0 amide bonds. The summed E-state index contributed by atoms with van der Waals surface area (Å²) in [5, 5.41) is 3.02. The number of hydrogen-bond acceptors (Lipinski definition) is 8. The quantitative estimate of drug-likeness (QED) is 0.185. The lowest BCUT2D eigenvalue weighted by Crippen LogP contribution is -2.26. The molecule has 0 aliphatic carbocycles. The Hall–Kier alpha value is 0.0700. The molecule has 0 aliphatic heterocycles. The Morgan fingerprint density at radius 3 is 1.96 bits per heavy atom. The van der Waals surface area contributed by atoms with Gasteiger partial charge in [-0.3, -0.25) is 0 Å². The minimum atomic E-state index is -0.521. The molecule has 1 atom stereocenters. The molecule has 8 heteroatoms. The second-order valence-corrected chi connectivity index (χ2v) is 6.06. The van der Waals surface area contributed by atoms with Gasteiger partial charge >= 0.3 is 0 Å². The zero-order valence-corrected chi connectivity index (χ0v) is 15.4. The summed E-state index contributed by atoms with van der Waals surface area (Å²) in [4.78, 5) is -0.521. The van der Waals surface area contributed by atoms with E-state index in [0.29, 0.717) is 72.4 Å². The zero-order valence-electron chi connectivity index (χ0n) is 14.6. The molecule has 0 saturated carbocycles. The highest BCUT2D eigenvalue weighted by atomic mass is 32.1. The molecule has 0 saturated heterocycles. The van der Waals surface area contributed by atoms with Crippen molar-refractivity contribution in [3.63, 3.8) is 0 Å². The molecule has 0 radical (unpaired) electrons. The smallest absolute Gasteiger partial charge is 0.110 e. The summed E-state index contributed by atoms with van der Waals surface area (Å²) in [6, 6.07) is 0. The Balaban J connectivity index is 3.33. The molecule has 0 fully saturated rings. The van der Waals surface area contributed by atoms with Crippen LogP contribution in [0.5, 0.6) is 0 Å². The van der Waals surface area contributed by atoms with Gasteiger partial charge in [0.25, 0.3) is 0 Å². The highest BCUT2D eigenvalue weighted by Crippen LogP contribution is 2.19. The summed E-state index contributed by atoms with van der Waals surface area (Å²) >= 11 is 4.49. The van der Waals surface area contributed by atoms with Crippen LogP contribution in [0.1, 0.15) is 13.3 Å². The van der Waals surface area contributed by atoms with E-state index < -0.39 is 4.93 Å². The summed E-state index contributed by atoms with van der Waals surface area (Å²) < 4.78 is 27.1. The monoisotopic (exact) mass is 354 g/mol. The highest BCUT2D eigenvalue weighted by Gasteiger charge is 2.19. The van der Waals surface area contributed by atoms with Gasteiger partial charge in [-0.15, -0.1) is 12.6 Å². The third-order valence-electron chi connectivity index (χ3n) is 2.85. The number of likely N-dealkylation sites (N-methyl/N-ethyl adjacent to an activating group) is 1. The van der Waals surface area contributed by atoms with Gasteiger partial charge in [-0.05, 0) is 14.0 Å². The van der Waals surface area contributed by atoms with E-state index in [1.54, 1.807) is 0 Å². The SMILES string of the molecule is CNCCOCCOCCC(C)(S)OCCOCCOCCN. The van der Waals surface area contributed by atoms with Crippen LogP contribution in [0.2, 0.25) is 0 Å². The topological polar surface area (TPSA) is 84.2 Å². The molecule has 140 valence electrons. The zero-order chi connectivity index (χ0) is 17.2. The molecule has 0 aromatic rings. The Morgan fingerprint density at radius 1 is 0.826 bits per heavy atom. The van der Waals surface area contributed by atoms with Crippen LogP contribution in [0.15, 0.2) is 0 Å². The molecule has 0 spiro atoms. The molecular weight excluding hydrogens is 320 g/mol. The largest absolute Gasteiger partial charge is 0.379 e. The first-order valence-electron chi connectivity index (χ1n) is 8.14. The van der Waals surface area contributed by atoms with Gasteiger partial charge in [-0.25, -0.2) is 0 Å². The maximum atomic E-state index is 5.68. The molecule has 23 heavy (non-hydrogen) atoms. The van der Waals surface area contributed by atoms with Gasteiger partial charge in [0.15, 0.2) is 0 Å². The van der Waals surface area contributed by atoms with E-state index in [4.69, 9.17) is 29.4 Å². The standard InChI is InChI=1S/C15H34N2O5S/c1-15(23,3-6-18-9-11-20-8-5-17-2)22-14-13-21-12-10-19-7-4-16/h17,23H,3-14,16H2,1-2H3. The van der Waals surface area contributed by atoms with Crippen molar-refractivity contribution in [3.05, 3.63) is 0 Å². The second-order valence-electron chi connectivity index (χ2n) is 5.12. The Morgan fingerprint density at radius 2 is 1.35 bits per heavy atom. The van der Waals surface area contributed by atoms with Crippen molar-refractivity contribution in [2.75, 3.05) is 79.6 Å². The van der Waals surface area contributed by atoms with Crippen molar-refractivity contribution >= 4 is 12.6 Å². The van der Waals surface area contributed by atoms with Gasteiger partial charge in [0.2, 0.25) is 0 Å². The fourth-order valence-corrected chi connectivity index (χ4v) is 1.74. The van der Waals surface area contributed by atoms with Gasteiger partial charge in [0, 0.05) is 19.5 Å². The van der Waals surface area contributed by atoms with Crippen molar-refractivity contribution in [2.24, 2.45) is 5.73 Å². The predicted octanol–water partition coefficient (Wildman–Crippen LogP) is 0.284. The first-order chi connectivity index (χ1) is 11.1. The maximum Gasteiger partial charge on any atom is 0.110 e. The molecule has 0 heterocycles. The fourth-order valence-electron chi connectivity index (χ4n) is 1.56. The summed E-state index contributed by atoms with van der Waals surface area (Å²) in [5.41, 5.74) is 5.31. The van der Waals surface area contributed by atoms with Crippen molar-refractivity contribution in [2.45, 2.75) is 18.3 Å². The number of nitrogens with one attached hydrogen (secondary N) is 1. The minimum absolute atomic E-state index is 0.490. The first kappa shape index (κ1) is 23.1.